The largest absolute Gasteiger partial charge is 0.443 e. The fourth-order valence-corrected chi connectivity index (χ4v) is 4.84. The molecule has 0 saturated heterocycles. The molecule has 1 aromatic heterocycles. The van der Waals surface area contributed by atoms with Crippen LogP contribution in [0, 0.1) is 23.0 Å². The summed E-state index contributed by atoms with van der Waals surface area (Å²) in [4.78, 5) is 15.7. The molecule has 1 amide bonds. The number of benzene rings is 3. The fourth-order valence-electron chi connectivity index (χ4n) is 3.77. The molecular formula is C28H25F2N3O2S. The van der Waals surface area contributed by atoms with Gasteiger partial charge in [0.15, 0.2) is 0 Å². The van der Waals surface area contributed by atoms with Crippen LogP contribution < -0.4 is 4.90 Å². The van der Waals surface area contributed by atoms with Crippen LogP contribution in [0.15, 0.2) is 76.7 Å². The van der Waals surface area contributed by atoms with Gasteiger partial charge in [0.1, 0.15) is 23.3 Å². The minimum absolute atomic E-state index is 0.214. The minimum Gasteiger partial charge on any atom is -0.443 e. The van der Waals surface area contributed by atoms with E-state index in [-0.39, 0.29) is 6.54 Å². The summed E-state index contributed by atoms with van der Waals surface area (Å²) in [6, 6.07) is 18.5. The van der Waals surface area contributed by atoms with E-state index in [1.54, 1.807) is 33.9 Å². The average Bonchev–Trinajstić information content (AvgIpc) is 3.13. The molecule has 0 radical (unpaired) electrons. The van der Waals surface area contributed by atoms with E-state index in [0.717, 1.165) is 26.8 Å². The Morgan fingerprint density at radius 2 is 1.75 bits per heavy atom. The molecule has 3 aromatic carbocycles. The number of ether oxygens (including phenoxy) is 1. The van der Waals surface area contributed by atoms with E-state index >= 15 is 0 Å². The molecule has 0 aliphatic rings. The number of halogens is 2. The zero-order chi connectivity index (χ0) is 26.0. The van der Waals surface area contributed by atoms with Gasteiger partial charge in [-0.25, -0.2) is 13.6 Å². The number of anilines is 1. The molecule has 0 aliphatic heterocycles. The van der Waals surface area contributed by atoms with E-state index in [1.807, 2.05) is 47.2 Å². The van der Waals surface area contributed by atoms with Crippen molar-refractivity contribution in [2.45, 2.75) is 42.7 Å². The highest BCUT2D eigenvalue weighted by Crippen LogP contribution is 2.38. The van der Waals surface area contributed by atoms with Crippen LogP contribution in [0.2, 0.25) is 0 Å². The van der Waals surface area contributed by atoms with E-state index < -0.39 is 23.3 Å². The Morgan fingerprint density at radius 1 is 1.06 bits per heavy atom. The van der Waals surface area contributed by atoms with Crippen molar-refractivity contribution in [1.29, 1.82) is 5.26 Å². The fraction of sp³-hybridized carbons (Fsp3) is 0.214. The normalized spacial score (nSPS) is 11.4. The number of hydrogen-bond acceptors (Lipinski definition) is 4. The van der Waals surface area contributed by atoms with Gasteiger partial charge in [0.05, 0.1) is 11.1 Å². The van der Waals surface area contributed by atoms with Crippen molar-refractivity contribution in [2.75, 3.05) is 11.9 Å². The number of carbonyl (C=O) groups is 1. The molecule has 0 unspecified atom stereocenters. The molecule has 0 spiro atoms. The lowest BCUT2D eigenvalue weighted by atomic mass is 10.2. The number of fused-ring (bicyclic) bond motifs is 1. The van der Waals surface area contributed by atoms with Gasteiger partial charge in [-0.05, 0) is 68.8 Å². The quantitative estimate of drug-likeness (QED) is 0.284. The first-order valence-corrected chi connectivity index (χ1v) is 12.1. The van der Waals surface area contributed by atoms with Crippen molar-refractivity contribution in [3.05, 3.63) is 89.6 Å². The highest BCUT2D eigenvalue weighted by atomic mass is 32.2. The first-order chi connectivity index (χ1) is 17.0. The summed E-state index contributed by atoms with van der Waals surface area (Å²) in [6.07, 6.45) is 1.40. The predicted octanol–water partition coefficient (Wildman–Crippen LogP) is 7.36. The second kappa shape index (κ2) is 10.0. The molecule has 8 heteroatoms. The summed E-state index contributed by atoms with van der Waals surface area (Å²) in [5.41, 5.74) is 1.75. The van der Waals surface area contributed by atoms with Crippen LogP contribution in [0.25, 0.3) is 10.9 Å². The van der Waals surface area contributed by atoms with Crippen molar-refractivity contribution in [1.82, 2.24) is 4.57 Å². The molecule has 0 atom stereocenters. The lowest BCUT2D eigenvalue weighted by Gasteiger charge is -2.24. The Balaban J connectivity index is 1.79. The van der Waals surface area contributed by atoms with Crippen molar-refractivity contribution in [3.8, 4) is 6.07 Å². The third-order valence-corrected chi connectivity index (χ3v) is 6.51. The first-order valence-electron chi connectivity index (χ1n) is 11.3. The van der Waals surface area contributed by atoms with Crippen molar-refractivity contribution in [3.63, 3.8) is 0 Å². The number of nitriles is 1. The minimum atomic E-state index is -0.649. The van der Waals surface area contributed by atoms with Crippen LogP contribution in [-0.2, 0) is 11.3 Å². The highest BCUT2D eigenvalue weighted by Gasteiger charge is 2.22. The highest BCUT2D eigenvalue weighted by molar-refractivity contribution is 7.99. The second-order valence-electron chi connectivity index (χ2n) is 9.35. The Hall–Kier alpha value is -3.83. The summed E-state index contributed by atoms with van der Waals surface area (Å²) < 4.78 is 35.1. The van der Waals surface area contributed by atoms with E-state index in [1.165, 1.54) is 28.8 Å². The maximum atomic E-state index is 13.9. The van der Waals surface area contributed by atoms with Gasteiger partial charge < -0.3 is 9.30 Å². The topological polar surface area (TPSA) is 58.3 Å². The Kier molecular flexibility index (Phi) is 7.04. The zero-order valence-electron chi connectivity index (χ0n) is 20.4. The van der Waals surface area contributed by atoms with Crippen LogP contribution >= 0.6 is 11.8 Å². The summed E-state index contributed by atoms with van der Waals surface area (Å²) in [5, 5.41) is 10.4. The zero-order valence-corrected chi connectivity index (χ0v) is 21.2. The maximum Gasteiger partial charge on any atom is 0.414 e. The molecule has 0 N–H and O–H groups in total. The molecular weight excluding hydrogens is 480 g/mol. The first kappa shape index (κ1) is 25.3. The maximum absolute atomic E-state index is 13.9. The van der Waals surface area contributed by atoms with Gasteiger partial charge >= 0.3 is 6.09 Å². The van der Waals surface area contributed by atoms with Gasteiger partial charge in [0.25, 0.3) is 0 Å². The van der Waals surface area contributed by atoms with E-state index in [4.69, 9.17) is 4.74 Å². The molecule has 184 valence electrons. The number of nitrogens with zero attached hydrogens (tertiary/aromatic N) is 3. The molecule has 36 heavy (non-hydrogen) atoms. The van der Waals surface area contributed by atoms with Gasteiger partial charge in [-0.2, -0.15) is 5.26 Å². The summed E-state index contributed by atoms with van der Waals surface area (Å²) in [5.74, 6) is -1.30. The number of rotatable bonds is 5. The standard InChI is InChI=1S/C28H25F2N3O2S/c1-28(2,3)35-27(34)32(4)22-9-10-23-24(14-22)33(16-18-11-20(29)13-21(30)12-18)17-26(23)36-25-8-6-5-7-19(25)15-31/h5-14,17H,16H2,1-4H3. The van der Waals surface area contributed by atoms with Gasteiger partial charge in [0.2, 0.25) is 0 Å². The van der Waals surface area contributed by atoms with Crippen LogP contribution in [0.5, 0.6) is 0 Å². The Bertz CT molecular complexity index is 1460. The summed E-state index contributed by atoms with van der Waals surface area (Å²) >= 11 is 1.44. The lowest BCUT2D eigenvalue weighted by Crippen LogP contribution is -2.34. The van der Waals surface area contributed by atoms with Gasteiger partial charge in [-0.15, -0.1) is 0 Å². The second-order valence-corrected chi connectivity index (χ2v) is 10.4. The monoisotopic (exact) mass is 505 g/mol. The summed E-state index contributed by atoms with van der Waals surface area (Å²) in [7, 11) is 1.63. The number of amides is 1. The van der Waals surface area contributed by atoms with Crippen LogP contribution in [-0.4, -0.2) is 23.3 Å². The van der Waals surface area contributed by atoms with E-state index in [0.29, 0.717) is 16.8 Å². The van der Waals surface area contributed by atoms with Crippen molar-refractivity contribution >= 4 is 34.4 Å². The Morgan fingerprint density at radius 3 is 2.42 bits per heavy atom. The SMILES string of the molecule is CN(C(=O)OC(C)(C)C)c1ccc2c(Sc3ccccc3C#N)cn(Cc3cc(F)cc(F)c3)c2c1. The third-order valence-electron chi connectivity index (χ3n) is 5.39. The number of aromatic nitrogens is 1. The average molecular weight is 506 g/mol. The molecule has 5 nitrogen and oxygen atoms in total. The van der Waals surface area contributed by atoms with Gasteiger partial charge in [-0.3, -0.25) is 4.90 Å². The smallest absolute Gasteiger partial charge is 0.414 e. The molecule has 0 aliphatic carbocycles. The van der Waals surface area contributed by atoms with E-state index in [2.05, 4.69) is 6.07 Å². The molecule has 0 saturated carbocycles. The molecule has 4 aromatic rings. The van der Waals surface area contributed by atoms with Crippen molar-refractivity contribution in [2.24, 2.45) is 0 Å². The third kappa shape index (κ3) is 5.69. The number of hydrogen-bond donors (Lipinski definition) is 0. The predicted molar refractivity (Wildman–Crippen MR) is 137 cm³/mol. The molecule has 0 bridgehead atoms. The molecule has 4 rings (SSSR count). The van der Waals surface area contributed by atoms with Crippen molar-refractivity contribution < 1.29 is 18.3 Å². The van der Waals surface area contributed by atoms with Crippen LogP contribution in [0.1, 0.15) is 31.9 Å². The number of carbonyl (C=O) groups excluding carboxylic acids is 1. The summed E-state index contributed by atoms with van der Waals surface area (Å²) in [6.45, 7) is 5.61. The lowest BCUT2D eigenvalue weighted by molar-refractivity contribution is 0.0589. The van der Waals surface area contributed by atoms with E-state index in [9.17, 15) is 18.8 Å². The van der Waals surface area contributed by atoms with Crippen LogP contribution in [0.4, 0.5) is 19.3 Å². The van der Waals surface area contributed by atoms with Gasteiger partial charge in [-0.1, -0.05) is 23.9 Å². The Labute approximate surface area is 212 Å². The molecule has 1 heterocycles. The van der Waals surface area contributed by atoms with Crippen LogP contribution in [0.3, 0.4) is 0 Å². The van der Waals surface area contributed by atoms with Gasteiger partial charge in [0, 0.05) is 46.7 Å². The molecule has 0 fully saturated rings.